The van der Waals surface area contributed by atoms with Gasteiger partial charge in [-0.3, -0.25) is 0 Å². The second-order valence-electron chi connectivity index (χ2n) is 4.13. The maximum atomic E-state index is 11.4. The lowest BCUT2D eigenvalue weighted by Gasteiger charge is -2.04. The summed E-state index contributed by atoms with van der Waals surface area (Å²) in [4.78, 5) is 11.5. The molecular formula is C14H13IN2O4S. The van der Waals surface area contributed by atoms with Crippen LogP contribution in [0.25, 0.3) is 6.08 Å². The van der Waals surface area contributed by atoms with E-state index in [0.29, 0.717) is 12.3 Å². The monoisotopic (exact) mass is 432 g/mol. The maximum Gasteiger partial charge on any atom is 0.342 e. The Hall–Kier alpha value is -1.55. The summed E-state index contributed by atoms with van der Waals surface area (Å²) in [5.41, 5.74) is 0.755. The van der Waals surface area contributed by atoms with Crippen LogP contribution in [0, 0.1) is 3.57 Å². The van der Waals surface area contributed by atoms with Crippen LogP contribution >= 0.6 is 34.4 Å². The fraction of sp³-hybridized carbons (Fsp3) is 0.214. The van der Waals surface area contributed by atoms with Gasteiger partial charge < -0.3 is 14.3 Å². The van der Waals surface area contributed by atoms with Gasteiger partial charge in [-0.05, 0) is 58.1 Å². The number of aryl methyl sites for hydroxylation is 1. The number of halogens is 1. The molecule has 0 radical (unpaired) electrons. The van der Waals surface area contributed by atoms with Crippen molar-refractivity contribution in [1.82, 2.24) is 10.2 Å². The van der Waals surface area contributed by atoms with Crippen LogP contribution in [0.5, 0.6) is 5.75 Å². The Labute approximate surface area is 145 Å². The van der Waals surface area contributed by atoms with E-state index in [4.69, 9.17) is 9.15 Å². The summed E-state index contributed by atoms with van der Waals surface area (Å²) in [5.74, 6) is 0.171. The number of ether oxygens (including phenoxy) is 1. The molecule has 8 heteroatoms. The predicted molar refractivity (Wildman–Crippen MR) is 90.9 cm³/mol. The molecule has 1 aromatic carbocycles. The zero-order valence-corrected chi connectivity index (χ0v) is 14.8. The number of thioether (sulfide) groups is 1. The minimum absolute atomic E-state index is 0.104. The van der Waals surface area contributed by atoms with Gasteiger partial charge in [0.05, 0.1) is 10.7 Å². The third-order valence-corrected chi connectivity index (χ3v) is 4.33. The molecule has 2 rings (SSSR count). The van der Waals surface area contributed by atoms with Crippen LogP contribution in [0.4, 0.5) is 0 Å². The van der Waals surface area contributed by atoms with Crippen molar-refractivity contribution < 1.29 is 19.1 Å². The molecule has 116 valence electrons. The highest BCUT2D eigenvalue weighted by Crippen LogP contribution is 2.29. The van der Waals surface area contributed by atoms with Crippen LogP contribution in [-0.2, 0) is 11.2 Å². The van der Waals surface area contributed by atoms with E-state index in [0.717, 1.165) is 26.6 Å². The molecule has 0 aliphatic carbocycles. The fourth-order valence-corrected chi connectivity index (χ4v) is 3.02. The van der Waals surface area contributed by atoms with E-state index in [9.17, 15) is 9.90 Å². The van der Waals surface area contributed by atoms with Gasteiger partial charge in [0.25, 0.3) is 5.22 Å². The largest absolute Gasteiger partial charge is 0.496 e. The van der Waals surface area contributed by atoms with Crippen molar-refractivity contribution >= 4 is 46.4 Å². The van der Waals surface area contributed by atoms with Crippen LogP contribution < -0.4 is 4.74 Å². The highest BCUT2D eigenvalue weighted by molar-refractivity contribution is 14.1. The number of benzene rings is 1. The summed E-state index contributed by atoms with van der Waals surface area (Å²) < 4.78 is 11.4. The Kier molecular flexibility index (Phi) is 5.83. The van der Waals surface area contributed by atoms with Gasteiger partial charge in [-0.1, -0.05) is 13.0 Å². The Morgan fingerprint density at radius 2 is 2.27 bits per heavy atom. The molecule has 0 aliphatic rings. The van der Waals surface area contributed by atoms with Gasteiger partial charge in [-0.2, -0.15) is 0 Å². The van der Waals surface area contributed by atoms with Gasteiger partial charge in [0, 0.05) is 6.42 Å². The summed E-state index contributed by atoms with van der Waals surface area (Å²) in [7, 11) is 1.59. The van der Waals surface area contributed by atoms with Gasteiger partial charge in [0.1, 0.15) is 10.7 Å². The number of nitrogens with zero attached hydrogens (tertiary/aromatic N) is 2. The van der Waals surface area contributed by atoms with E-state index in [1.807, 2.05) is 13.0 Å². The SMILES string of the molecule is CCc1nnc(S/C(=C\c2ccc(OC)c(I)c2)C(=O)O)o1. The third-order valence-electron chi connectivity index (χ3n) is 2.63. The molecular weight excluding hydrogens is 419 g/mol. The van der Waals surface area contributed by atoms with Crippen molar-refractivity contribution in [2.45, 2.75) is 18.6 Å². The van der Waals surface area contributed by atoms with Crippen molar-refractivity contribution in [2.24, 2.45) is 0 Å². The zero-order valence-electron chi connectivity index (χ0n) is 11.9. The Morgan fingerprint density at radius 3 is 2.82 bits per heavy atom. The molecule has 0 fully saturated rings. The van der Waals surface area contributed by atoms with Crippen molar-refractivity contribution in [2.75, 3.05) is 7.11 Å². The molecule has 0 amide bonds. The summed E-state index contributed by atoms with van der Waals surface area (Å²) in [5, 5.41) is 17.2. The van der Waals surface area contributed by atoms with E-state index in [1.54, 1.807) is 25.3 Å². The topological polar surface area (TPSA) is 85.5 Å². The van der Waals surface area contributed by atoms with Crippen LogP contribution in [-0.4, -0.2) is 28.4 Å². The summed E-state index contributed by atoms with van der Waals surface area (Å²) in [6, 6.07) is 5.42. The molecule has 0 saturated carbocycles. The van der Waals surface area contributed by atoms with Crippen LogP contribution in [0.15, 0.2) is 32.7 Å². The third kappa shape index (κ3) is 4.23. The highest BCUT2D eigenvalue weighted by Gasteiger charge is 2.15. The molecule has 1 heterocycles. The van der Waals surface area contributed by atoms with Gasteiger partial charge in [0.2, 0.25) is 5.89 Å². The van der Waals surface area contributed by atoms with E-state index in [2.05, 4.69) is 32.8 Å². The average molecular weight is 432 g/mol. The number of rotatable bonds is 6. The molecule has 22 heavy (non-hydrogen) atoms. The quantitative estimate of drug-likeness (QED) is 0.425. The van der Waals surface area contributed by atoms with E-state index in [1.165, 1.54) is 0 Å². The molecule has 0 unspecified atom stereocenters. The highest BCUT2D eigenvalue weighted by atomic mass is 127. The maximum absolute atomic E-state index is 11.4. The summed E-state index contributed by atoms with van der Waals surface area (Å²) in [6.07, 6.45) is 2.17. The van der Waals surface area contributed by atoms with Crippen LogP contribution in [0.3, 0.4) is 0 Å². The molecule has 0 spiro atoms. The first-order valence-electron chi connectivity index (χ1n) is 6.32. The first kappa shape index (κ1) is 16.8. The Morgan fingerprint density at radius 1 is 1.50 bits per heavy atom. The smallest absolute Gasteiger partial charge is 0.342 e. The first-order chi connectivity index (χ1) is 10.5. The number of hydrogen-bond donors (Lipinski definition) is 1. The lowest BCUT2D eigenvalue weighted by atomic mass is 10.2. The number of carboxylic acids is 1. The molecule has 0 saturated heterocycles. The predicted octanol–water partition coefficient (Wildman–Crippen LogP) is 3.46. The van der Waals surface area contributed by atoms with Gasteiger partial charge in [-0.25, -0.2) is 4.79 Å². The van der Waals surface area contributed by atoms with Crippen LogP contribution in [0.2, 0.25) is 0 Å². The molecule has 1 N–H and O–H groups in total. The molecule has 0 atom stereocenters. The Balaban J connectivity index is 2.26. The normalized spacial score (nSPS) is 11.5. The van der Waals surface area contributed by atoms with Gasteiger partial charge in [-0.15, -0.1) is 10.2 Å². The minimum Gasteiger partial charge on any atom is -0.496 e. The van der Waals surface area contributed by atoms with Crippen molar-refractivity contribution in [3.8, 4) is 5.75 Å². The zero-order chi connectivity index (χ0) is 16.1. The number of hydrogen-bond acceptors (Lipinski definition) is 6. The van der Waals surface area contributed by atoms with Crippen molar-refractivity contribution in [3.05, 3.63) is 38.1 Å². The minimum atomic E-state index is -1.05. The lowest BCUT2D eigenvalue weighted by Crippen LogP contribution is -1.97. The number of aromatic nitrogens is 2. The second kappa shape index (κ2) is 7.63. The molecule has 6 nitrogen and oxygen atoms in total. The molecule has 0 bridgehead atoms. The number of methoxy groups -OCH3 is 1. The first-order valence-corrected chi connectivity index (χ1v) is 8.21. The fourth-order valence-electron chi connectivity index (χ4n) is 1.58. The van der Waals surface area contributed by atoms with Crippen LogP contribution in [0.1, 0.15) is 18.4 Å². The average Bonchev–Trinajstić information content (AvgIpc) is 2.94. The molecule has 2 aromatic rings. The lowest BCUT2D eigenvalue weighted by molar-refractivity contribution is -0.131. The number of aliphatic carboxylic acids is 1. The second-order valence-corrected chi connectivity index (χ2v) is 6.28. The standard InChI is InChI=1S/C14H13IN2O4S/c1-3-12-16-17-14(21-12)22-11(13(18)19)7-8-4-5-10(20-2)9(15)6-8/h4-7H,3H2,1-2H3,(H,18,19)/b11-7-. The van der Waals surface area contributed by atoms with Crippen molar-refractivity contribution in [3.63, 3.8) is 0 Å². The molecule has 1 aromatic heterocycles. The molecule has 0 aliphatic heterocycles. The van der Waals surface area contributed by atoms with Crippen molar-refractivity contribution in [1.29, 1.82) is 0 Å². The van der Waals surface area contributed by atoms with Gasteiger partial charge >= 0.3 is 5.97 Å². The summed E-state index contributed by atoms with van der Waals surface area (Å²) >= 11 is 3.06. The summed E-state index contributed by atoms with van der Waals surface area (Å²) in [6.45, 7) is 1.88. The van der Waals surface area contributed by atoms with E-state index < -0.39 is 5.97 Å². The van der Waals surface area contributed by atoms with E-state index in [-0.39, 0.29) is 10.1 Å². The van der Waals surface area contributed by atoms with E-state index >= 15 is 0 Å². The Bertz CT molecular complexity index is 715. The number of carbonyl (C=O) groups is 1. The number of carboxylic acid groups (broad SMARTS) is 1. The van der Waals surface area contributed by atoms with Gasteiger partial charge in [0.15, 0.2) is 0 Å².